The first-order chi connectivity index (χ1) is 54.1. The van der Waals surface area contributed by atoms with Gasteiger partial charge in [-0.25, -0.2) is 0 Å². The van der Waals surface area contributed by atoms with Gasteiger partial charge in [0.2, 0.25) is 23.6 Å². The second-order valence-electron chi connectivity index (χ2n) is 48.9. The third-order valence-electron chi connectivity index (χ3n) is 25.4. The Kier molecular flexibility index (Phi) is 46.0. The van der Waals surface area contributed by atoms with Crippen LogP contribution in [0.2, 0.25) is 0 Å². The smallest absolute Gasteiger partial charge is 0.279 e. The number of likely N-dealkylation sites (tertiary alicyclic amines) is 1. The van der Waals surface area contributed by atoms with Crippen LogP contribution in [0.1, 0.15) is 378 Å². The van der Waals surface area contributed by atoms with E-state index in [1.54, 1.807) is 11.8 Å². The van der Waals surface area contributed by atoms with Crippen LogP contribution >= 0.6 is 47.5 Å². The number of carbonyl (C=O) groups excluding carboxylic acids is 7. The van der Waals surface area contributed by atoms with Crippen molar-refractivity contribution in [2.75, 3.05) is 38.5 Å². The summed E-state index contributed by atoms with van der Waals surface area (Å²) in [4.78, 5) is 80.4. The van der Waals surface area contributed by atoms with Crippen LogP contribution in [0.5, 0.6) is 0 Å². The lowest BCUT2D eigenvalue weighted by atomic mass is 9.80. The standard InChI is InChI=1S/C10H18.C9H17N.C9H15N.C9H16S.2C9H18.C8H13NO2.3C8H15NO.C8H12OS2.C7H13NOS/c1-8-5-6-9(7-8)10(2,3)4;3*1-7-5-8(6-10-7)9(2,3)4;2*1-9(2,3)8-6-4-5-7-8;1-8(2,3)7-5(10)4-6(11)9-7;1-8(2,3)6-4-7(10)9-5-6;1-8(2,3)6-4-5-9-7(6)10;1-8(2,3)9-6-4-5-7(9)10;1-8(2,3)7-5(9)4-6(10)11-7;1-7(2,3)5-4-8-6(9)10-5/h9H,1,5-7H2,2-4H3;8,10H,1,5-6H2,2-4H3;6,10H,1,5H2,2-4H3;8H,1,5-6H2,2-4H3;2*8H,4-7H2,1-3H3;7H,4H2,1-3H3,(H,9,11);2*6H,4-5H2,1-3H3,(H,9,10);4-6H2,1-3H3;7H,4H2,1-3H3;5H,4H2,1-3H3,(H,8,9). The molecule has 0 bridgehead atoms. The molecule has 6 N–H and O–H groups in total. The lowest BCUT2D eigenvalue weighted by Crippen LogP contribution is -2.41. The van der Waals surface area contributed by atoms with E-state index in [9.17, 15) is 33.6 Å². The molecule has 12 rings (SSSR count). The van der Waals surface area contributed by atoms with E-state index in [2.05, 4.69) is 293 Å². The molecule has 8 atom stereocenters. The van der Waals surface area contributed by atoms with E-state index < -0.39 is 0 Å². The van der Waals surface area contributed by atoms with Crippen LogP contribution in [-0.4, -0.2) is 110 Å². The molecule has 3 saturated carbocycles. The van der Waals surface area contributed by atoms with Crippen LogP contribution in [-0.2, 0) is 28.8 Å². The normalized spacial score (nSPS) is 24.9. The Bertz CT molecular complexity index is 3020. The van der Waals surface area contributed by atoms with Gasteiger partial charge in [0.05, 0.1) is 21.9 Å². The van der Waals surface area contributed by atoms with Crippen molar-refractivity contribution >= 4 is 92.1 Å². The van der Waals surface area contributed by atoms with Crippen molar-refractivity contribution in [1.29, 1.82) is 0 Å². The number of hydrogen-bond donors (Lipinski definition) is 6. The summed E-state index contributed by atoms with van der Waals surface area (Å²) in [5.41, 5.74) is 8.70. The number of hydrogen-bond acceptors (Lipinski definition) is 13. The van der Waals surface area contributed by atoms with Crippen LogP contribution in [0.4, 0.5) is 4.79 Å². The van der Waals surface area contributed by atoms with Gasteiger partial charge in [-0.1, -0.05) is 310 Å². The fourth-order valence-electron chi connectivity index (χ4n) is 16.0. The Morgan fingerprint density at radius 1 is 0.417 bits per heavy atom. The van der Waals surface area contributed by atoms with Crippen molar-refractivity contribution in [3.05, 3.63) is 60.0 Å². The first kappa shape index (κ1) is 114. The summed E-state index contributed by atoms with van der Waals surface area (Å²) < 4.78 is 0.856. The molecule has 5 amide bonds. The molecule has 8 unspecified atom stereocenters. The predicted molar refractivity (Wildman–Crippen MR) is 527 cm³/mol. The average molecular weight is 1750 g/mol. The maximum Gasteiger partial charge on any atom is 0.279 e. The highest BCUT2D eigenvalue weighted by Gasteiger charge is 2.42. The Morgan fingerprint density at radius 3 is 1.08 bits per heavy atom. The first-order valence-corrected chi connectivity index (χ1v) is 49.1. The van der Waals surface area contributed by atoms with Crippen LogP contribution in [0.25, 0.3) is 0 Å². The summed E-state index contributed by atoms with van der Waals surface area (Å²) in [7, 11) is 0. The minimum atomic E-state index is -0.282. The zero-order chi connectivity index (χ0) is 93.3. The summed E-state index contributed by atoms with van der Waals surface area (Å²) in [6, 6.07) is -0.282. The van der Waals surface area contributed by atoms with Crippen LogP contribution < -0.4 is 31.9 Å². The number of carbonyl (C=O) groups is 7. The molecular weight excluding hydrogens is 1560 g/mol. The van der Waals surface area contributed by atoms with Crippen molar-refractivity contribution in [2.45, 2.75) is 400 Å². The molecule has 18 heteroatoms. The number of amides is 5. The molecule has 9 aliphatic heterocycles. The summed E-state index contributed by atoms with van der Waals surface area (Å²) in [6.07, 6.45) is 25.2. The van der Waals surface area contributed by atoms with Crippen LogP contribution in [0.3, 0.4) is 0 Å². The molecule has 0 aromatic carbocycles. The average Bonchev–Trinajstić information content (AvgIpc) is 1.69. The van der Waals surface area contributed by atoms with Gasteiger partial charge in [0.25, 0.3) is 5.24 Å². The Balaban J connectivity index is 0.000000655. The van der Waals surface area contributed by atoms with Crippen molar-refractivity contribution in [3.63, 3.8) is 0 Å². The van der Waals surface area contributed by atoms with Gasteiger partial charge in [-0.05, 0) is 197 Å². The lowest BCUT2D eigenvalue weighted by Gasteiger charge is -2.31. The highest BCUT2D eigenvalue weighted by Crippen LogP contribution is 2.46. The highest BCUT2D eigenvalue weighted by molar-refractivity contribution is 8.24. The molecule has 0 spiro atoms. The quantitative estimate of drug-likeness (QED) is 0.0763. The number of rotatable bonds is 0. The van der Waals surface area contributed by atoms with Crippen LogP contribution in [0, 0.1) is 101 Å². The van der Waals surface area contributed by atoms with E-state index in [-0.39, 0.29) is 85.0 Å². The van der Waals surface area contributed by atoms with E-state index in [1.807, 2.05) is 37.4 Å². The van der Waals surface area contributed by atoms with Gasteiger partial charge in [0.15, 0.2) is 11.6 Å². The molecule has 14 nitrogen and oxygen atoms in total. The number of nitrogens with one attached hydrogen (secondary N) is 6. The van der Waals surface area contributed by atoms with E-state index in [0.29, 0.717) is 68.2 Å². The third kappa shape index (κ3) is 45.0. The van der Waals surface area contributed by atoms with E-state index in [0.717, 1.165) is 104 Å². The fourth-order valence-corrected chi connectivity index (χ4v) is 19.8. The maximum absolute atomic E-state index is 11.3. The zero-order valence-corrected chi connectivity index (χ0v) is 87.3. The number of thioether (sulfide) groups is 3. The molecule has 8 saturated heterocycles. The molecule has 11 fully saturated rings. The van der Waals surface area contributed by atoms with Gasteiger partial charge < -0.3 is 36.8 Å². The molecule has 0 aromatic rings. The lowest BCUT2D eigenvalue weighted by molar-refractivity contribution is -0.131. The topological polar surface area (TPSA) is 195 Å². The number of nitrogens with zero attached hydrogens (tertiary/aromatic N) is 1. The molecule has 694 valence electrons. The predicted octanol–water partition coefficient (Wildman–Crippen LogP) is 26.2. The number of ketones is 2. The van der Waals surface area contributed by atoms with Gasteiger partial charge in [-0.15, -0.1) is 23.5 Å². The van der Waals surface area contributed by atoms with Crippen LogP contribution in [0.15, 0.2) is 60.0 Å². The summed E-state index contributed by atoms with van der Waals surface area (Å²) in [5.74, 6) is 7.50. The van der Waals surface area contributed by atoms with Crippen molar-refractivity contribution in [3.8, 4) is 0 Å². The monoisotopic (exact) mass is 1750 g/mol. The minimum Gasteiger partial charge on any atom is -0.388 e. The molecule has 9 heterocycles. The van der Waals surface area contributed by atoms with E-state index in [1.165, 1.54) is 116 Å². The summed E-state index contributed by atoms with van der Waals surface area (Å²) in [6.45, 7) is 99.7. The highest BCUT2D eigenvalue weighted by atomic mass is 32.2. The molecule has 12 aliphatic rings. The Labute approximate surface area is 756 Å². The summed E-state index contributed by atoms with van der Waals surface area (Å²) >= 11 is 9.91. The van der Waals surface area contributed by atoms with Gasteiger partial charge in [0.1, 0.15) is 0 Å². The molecular formula is C102H185N7O7S4. The second-order valence-corrected chi connectivity index (χ2v) is 53.2. The Hall–Kier alpha value is -3.87. The largest absolute Gasteiger partial charge is 0.388 e. The number of allylic oxidation sites excluding steroid dienone is 4. The van der Waals surface area contributed by atoms with Crippen molar-refractivity contribution in [1.82, 2.24) is 36.8 Å². The number of thiocarbonyl (C=S) groups is 1. The number of Topliss-reactive ketones (excluding diaryl/α,β-unsaturated/α-hetero) is 2. The molecule has 120 heavy (non-hydrogen) atoms. The van der Waals surface area contributed by atoms with Gasteiger partial charge >= 0.3 is 0 Å². The zero-order valence-electron chi connectivity index (χ0n) is 84.0. The third-order valence-corrected chi connectivity index (χ3v) is 30.1. The van der Waals surface area contributed by atoms with Gasteiger partial charge in [-0.2, -0.15) is 0 Å². The maximum atomic E-state index is 11.3. The minimum absolute atomic E-state index is 0.0162. The van der Waals surface area contributed by atoms with E-state index >= 15 is 0 Å². The summed E-state index contributed by atoms with van der Waals surface area (Å²) in [5, 5.41) is 18.2. The SMILES string of the molecule is C=C1CC(C(C)(C)C)=CN1.C=C1CC(C(C)(C)C)CN1.C=C1CC(C(C)(C)C)CS1.C=C1CCC(C(C)(C)C)C1.CC(C)(C)C1CCCC1.CC(C)(C)C1CCCC1.CC(C)(C)C1CCNC1=O.CC(C)(C)C1CNC(=O)C1.CC(C)(C)C1CNC(=O)S1.CC(C)(C)C1NC(=O)CC1=O.CC(C)(C)C1SC(=S)CC1=O.CC(C)(C)N1CCCC1=O. The molecule has 0 radical (unpaired) electrons. The first-order valence-electron chi connectivity index (χ1n) is 45.9. The molecule has 0 aromatic heterocycles. The Morgan fingerprint density at radius 2 is 0.900 bits per heavy atom. The second kappa shape index (κ2) is 48.3. The molecule has 3 aliphatic carbocycles. The van der Waals surface area contributed by atoms with Crippen molar-refractivity contribution < 1.29 is 33.6 Å². The fraction of sp³-hybridized carbons (Fsp3) is 0.824. The van der Waals surface area contributed by atoms with Crippen molar-refractivity contribution in [2.24, 2.45) is 101 Å². The van der Waals surface area contributed by atoms with Gasteiger partial charge in [-0.3, -0.25) is 33.6 Å². The van der Waals surface area contributed by atoms with E-state index in [4.69, 9.17) is 12.2 Å². The van der Waals surface area contributed by atoms with Gasteiger partial charge in [0, 0.05) is 98.5 Å².